The van der Waals surface area contributed by atoms with Crippen molar-refractivity contribution >= 4 is 18.0 Å². The van der Waals surface area contributed by atoms with Gasteiger partial charge in [-0.05, 0) is 38.0 Å². The summed E-state index contributed by atoms with van der Waals surface area (Å²) < 4.78 is 28.2. The van der Waals surface area contributed by atoms with Gasteiger partial charge in [-0.3, -0.25) is 4.79 Å². The minimum Gasteiger partial charge on any atom is -0.494 e. The van der Waals surface area contributed by atoms with Crippen LogP contribution in [0.1, 0.15) is 30.1 Å². The van der Waals surface area contributed by atoms with Crippen molar-refractivity contribution in [1.29, 1.82) is 0 Å². The van der Waals surface area contributed by atoms with Gasteiger partial charge in [-0.15, -0.1) is 0 Å². The second kappa shape index (κ2) is 9.75. The summed E-state index contributed by atoms with van der Waals surface area (Å²) in [5.41, 5.74) is -0.0103. The fourth-order valence-corrected chi connectivity index (χ4v) is 2.70. The van der Waals surface area contributed by atoms with Gasteiger partial charge in [0.1, 0.15) is 0 Å². The summed E-state index contributed by atoms with van der Waals surface area (Å²) in [6.45, 7) is 2.55. The Balaban J connectivity index is 1.74. The van der Waals surface area contributed by atoms with Gasteiger partial charge >= 0.3 is 12.1 Å². The third-order valence-corrected chi connectivity index (χ3v) is 4.11. The largest absolute Gasteiger partial charge is 0.494 e. The van der Waals surface area contributed by atoms with Gasteiger partial charge in [-0.1, -0.05) is 0 Å². The molecule has 0 atom stereocenters. The summed E-state index contributed by atoms with van der Waals surface area (Å²) >= 11 is 0. The molecule has 148 valence electrons. The molecule has 1 aromatic rings. The zero-order valence-electron chi connectivity index (χ0n) is 15.3. The van der Waals surface area contributed by atoms with E-state index in [0.717, 1.165) is 6.07 Å². The first kappa shape index (κ1) is 20.5. The maximum absolute atomic E-state index is 13.6. The van der Waals surface area contributed by atoms with Gasteiger partial charge in [-0.25, -0.2) is 14.0 Å². The van der Waals surface area contributed by atoms with E-state index in [-0.39, 0.29) is 23.4 Å². The Labute approximate surface area is 156 Å². The summed E-state index contributed by atoms with van der Waals surface area (Å²) in [7, 11) is 1.32. The van der Waals surface area contributed by atoms with Crippen molar-refractivity contribution in [2.24, 2.45) is 0 Å². The number of ether oxygens (including phenoxy) is 3. The molecule has 1 N–H and O–H groups in total. The fourth-order valence-electron chi connectivity index (χ4n) is 2.70. The average molecular weight is 382 g/mol. The van der Waals surface area contributed by atoms with Gasteiger partial charge in [0, 0.05) is 19.1 Å². The summed E-state index contributed by atoms with van der Waals surface area (Å²) in [5.74, 6) is -1.93. The van der Waals surface area contributed by atoms with Crippen molar-refractivity contribution in [3.63, 3.8) is 0 Å². The topological polar surface area (TPSA) is 94.2 Å². The van der Waals surface area contributed by atoms with Crippen LogP contribution in [0.2, 0.25) is 0 Å². The van der Waals surface area contributed by atoms with E-state index in [1.165, 1.54) is 19.2 Å². The number of amides is 2. The molecule has 2 amide bonds. The Morgan fingerprint density at radius 1 is 1.22 bits per heavy atom. The van der Waals surface area contributed by atoms with Crippen LogP contribution in [0.15, 0.2) is 18.2 Å². The van der Waals surface area contributed by atoms with Crippen LogP contribution in [-0.2, 0) is 14.3 Å². The number of nitrogens with zero attached hydrogens (tertiary/aromatic N) is 1. The van der Waals surface area contributed by atoms with Crippen LogP contribution in [-0.4, -0.2) is 62.3 Å². The molecule has 0 bridgehead atoms. The molecule has 1 aliphatic rings. The zero-order valence-corrected chi connectivity index (χ0v) is 15.3. The number of carbonyl (C=O) groups excluding carboxylic acids is 3. The van der Waals surface area contributed by atoms with Crippen LogP contribution in [0.5, 0.6) is 5.75 Å². The quantitative estimate of drug-likeness (QED) is 0.753. The number of rotatable bonds is 6. The average Bonchev–Trinajstić information content (AvgIpc) is 2.66. The molecule has 0 spiro atoms. The lowest BCUT2D eigenvalue weighted by Crippen LogP contribution is -2.47. The Hall–Kier alpha value is -2.84. The smallest absolute Gasteiger partial charge is 0.409 e. The van der Waals surface area contributed by atoms with Crippen molar-refractivity contribution < 1.29 is 33.0 Å². The maximum atomic E-state index is 13.6. The predicted molar refractivity (Wildman–Crippen MR) is 93.0 cm³/mol. The van der Waals surface area contributed by atoms with Crippen LogP contribution in [0.3, 0.4) is 0 Å². The van der Waals surface area contributed by atoms with Crippen LogP contribution in [0, 0.1) is 5.82 Å². The molecular weight excluding hydrogens is 359 g/mol. The second-order valence-electron chi connectivity index (χ2n) is 5.95. The van der Waals surface area contributed by atoms with Gasteiger partial charge < -0.3 is 24.4 Å². The minimum absolute atomic E-state index is 0.0103. The molecule has 1 heterocycles. The van der Waals surface area contributed by atoms with Gasteiger partial charge in [0.25, 0.3) is 5.91 Å². The van der Waals surface area contributed by atoms with Crippen molar-refractivity contribution in [2.75, 3.05) is 33.4 Å². The lowest BCUT2D eigenvalue weighted by molar-refractivity contribution is -0.125. The zero-order chi connectivity index (χ0) is 19.8. The Morgan fingerprint density at radius 2 is 1.93 bits per heavy atom. The molecule has 0 radical (unpaired) electrons. The Kier molecular flexibility index (Phi) is 7.39. The van der Waals surface area contributed by atoms with Crippen LogP contribution in [0.4, 0.5) is 9.18 Å². The van der Waals surface area contributed by atoms with Gasteiger partial charge in [0.2, 0.25) is 0 Å². The molecule has 27 heavy (non-hydrogen) atoms. The Morgan fingerprint density at radius 3 is 2.52 bits per heavy atom. The first-order valence-corrected chi connectivity index (χ1v) is 8.66. The highest BCUT2D eigenvalue weighted by molar-refractivity contribution is 5.91. The van der Waals surface area contributed by atoms with E-state index in [9.17, 15) is 18.8 Å². The number of carbonyl (C=O) groups is 3. The molecule has 1 aliphatic heterocycles. The van der Waals surface area contributed by atoms with E-state index in [4.69, 9.17) is 14.2 Å². The highest BCUT2D eigenvalue weighted by Gasteiger charge is 2.24. The number of hydrogen-bond acceptors (Lipinski definition) is 6. The van der Waals surface area contributed by atoms with Crippen LogP contribution in [0.25, 0.3) is 0 Å². The van der Waals surface area contributed by atoms with Gasteiger partial charge in [-0.2, -0.15) is 0 Å². The summed E-state index contributed by atoms with van der Waals surface area (Å²) in [5, 5.41) is 2.76. The molecule has 0 unspecified atom stereocenters. The first-order chi connectivity index (χ1) is 12.9. The molecule has 8 nitrogen and oxygen atoms in total. The van der Waals surface area contributed by atoms with Crippen LogP contribution >= 0.6 is 0 Å². The molecule has 1 fully saturated rings. The van der Waals surface area contributed by atoms with Crippen molar-refractivity contribution in [3.05, 3.63) is 29.6 Å². The normalized spacial score (nSPS) is 14.4. The van der Waals surface area contributed by atoms with E-state index < -0.39 is 24.3 Å². The fraction of sp³-hybridized carbons (Fsp3) is 0.500. The maximum Gasteiger partial charge on any atom is 0.409 e. The predicted octanol–water partition coefficient (Wildman–Crippen LogP) is 1.73. The van der Waals surface area contributed by atoms with E-state index in [0.29, 0.717) is 32.5 Å². The molecule has 2 rings (SSSR count). The van der Waals surface area contributed by atoms with E-state index in [2.05, 4.69) is 5.32 Å². The molecule has 0 saturated carbocycles. The number of likely N-dealkylation sites (tertiary alicyclic amines) is 1. The lowest BCUT2D eigenvalue weighted by atomic mass is 10.1. The number of hydrogen-bond donors (Lipinski definition) is 1. The van der Waals surface area contributed by atoms with Crippen molar-refractivity contribution in [2.45, 2.75) is 25.8 Å². The molecule has 0 aliphatic carbocycles. The molecule has 0 aromatic heterocycles. The highest BCUT2D eigenvalue weighted by Crippen LogP contribution is 2.18. The lowest BCUT2D eigenvalue weighted by Gasteiger charge is -2.31. The van der Waals surface area contributed by atoms with Crippen molar-refractivity contribution in [3.8, 4) is 5.75 Å². The molecule has 9 heteroatoms. The molecular formula is C18H23FN2O6. The van der Waals surface area contributed by atoms with E-state index in [1.54, 1.807) is 11.8 Å². The number of piperidine rings is 1. The van der Waals surface area contributed by atoms with Crippen molar-refractivity contribution in [1.82, 2.24) is 10.2 Å². The summed E-state index contributed by atoms with van der Waals surface area (Å²) in [6, 6.07) is 3.54. The second-order valence-corrected chi connectivity index (χ2v) is 5.95. The number of halogens is 1. The summed E-state index contributed by atoms with van der Waals surface area (Å²) in [4.78, 5) is 37.1. The van der Waals surface area contributed by atoms with Gasteiger partial charge in [0.15, 0.2) is 18.2 Å². The Bertz CT molecular complexity index is 688. The standard InChI is InChI=1S/C18H23FN2O6/c1-3-26-18(24)21-8-6-13(7-9-21)20-16(22)11-27-17(23)12-4-5-15(25-2)14(19)10-12/h4-5,10,13H,3,6-9,11H2,1-2H3,(H,20,22). The summed E-state index contributed by atoms with van der Waals surface area (Å²) in [6.07, 6.45) is 0.813. The first-order valence-electron chi connectivity index (χ1n) is 8.66. The third kappa shape index (κ3) is 5.83. The highest BCUT2D eigenvalue weighted by atomic mass is 19.1. The number of methoxy groups -OCH3 is 1. The number of benzene rings is 1. The minimum atomic E-state index is -0.802. The number of nitrogens with one attached hydrogen (secondary N) is 1. The number of esters is 1. The monoisotopic (exact) mass is 382 g/mol. The van der Waals surface area contributed by atoms with E-state index in [1.807, 2.05) is 0 Å². The molecule has 1 aromatic carbocycles. The third-order valence-electron chi connectivity index (χ3n) is 4.11. The SMILES string of the molecule is CCOC(=O)N1CCC(NC(=O)COC(=O)c2ccc(OC)c(F)c2)CC1. The van der Waals surface area contributed by atoms with E-state index >= 15 is 0 Å². The van der Waals surface area contributed by atoms with Gasteiger partial charge in [0.05, 0.1) is 19.3 Å². The molecule has 1 saturated heterocycles. The van der Waals surface area contributed by atoms with Crippen LogP contribution < -0.4 is 10.1 Å².